The summed E-state index contributed by atoms with van der Waals surface area (Å²) >= 11 is 0. The first-order valence-electron chi connectivity index (χ1n) is 6.54. The Balaban J connectivity index is 1.61. The zero-order chi connectivity index (χ0) is 13.7. The molecule has 1 aromatic heterocycles. The predicted molar refractivity (Wildman–Crippen MR) is 65.8 cm³/mol. The van der Waals surface area contributed by atoms with Gasteiger partial charge < -0.3 is 10.3 Å². The van der Waals surface area contributed by atoms with Gasteiger partial charge in [0.05, 0.1) is 6.54 Å². The summed E-state index contributed by atoms with van der Waals surface area (Å²) < 4.78 is 36.7. The van der Waals surface area contributed by atoms with Crippen molar-refractivity contribution in [2.75, 3.05) is 26.2 Å². The fraction of sp³-hybridized carbons (Fsp3) is 0.750. The van der Waals surface area contributed by atoms with E-state index in [9.17, 15) is 13.2 Å². The van der Waals surface area contributed by atoms with Gasteiger partial charge in [-0.1, -0.05) is 0 Å². The molecular weight excluding hydrogens is 257 g/mol. The van der Waals surface area contributed by atoms with Crippen LogP contribution in [0, 0.1) is 0 Å². The molecule has 1 saturated heterocycles. The summed E-state index contributed by atoms with van der Waals surface area (Å²) in [7, 11) is 0. The molecule has 2 rings (SSSR count). The van der Waals surface area contributed by atoms with Gasteiger partial charge in [-0.25, -0.2) is 4.98 Å². The van der Waals surface area contributed by atoms with Crippen LogP contribution in [0.5, 0.6) is 0 Å². The average Bonchev–Trinajstić information content (AvgIpc) is 2.82. The number of piperidine rings is 1. The van der Waals surface area contributed by atoms with Crippen LogP contribution in [0.3, 0.4) is 0 Å². The first kappa shape index (κ1) is 14.3. The number of aromatic amines is 1. The van der Waals surface area contributed by atoms with E-state index >= 15 is 0 Å². The fourth-order valence-electron chi connectivity index (χ4n) is 2.38. The largest absolute Gasteiger partial charge is 0.401 e. The van der Waals surface area contributed by atoms with Gasteiger partial charge in [0, 0.05) is 31.4 Å². The summed E-state index contributed by atoms with van der Waals surface area (Å²) in [5.74, 6) is 0.932. The second kappa shape index (κ2) is 6.38. The van der Waals surface area contributed by atoms with E-state index in [0.717, 1.165) is 31.6 Å². The fourth-order valence-corrected chi connectivity index (χ4v) is 2.38. The molecule has 2 N–H and O–H groups in total. The first-order chi connectivity index (χ1) is 9.03. The van der Waals surface area contributed by atoms with E-state index in [1.807, 2.05) is 0 Å². The van der Waals surface area contributed by atoms with Crippen molar-refractivity contribution < 1.29 is 13.2 Å². The predicted octanol–water partition coefficient (Wildman–Crippen LogP) is 1.57. The molecule has 1 aromatic rings. The molecule has 7 heteroatoms. The van der Waals surface area contributed by atoms with Crippen LogP contribution in [0.25, 0.3) is 0 Å². The number of halogens is 3. The Bertz CT molecular complexity index is 356. The number of alkyl halides is 3. The molecule has 2 heterocycles. The van der Waals surface area contributed by atoms with E-state index in [4.69, 9.17) is 0 Å². The quantitative estimate of drug-likeness (QED) is 0.858. The summed E-state index contributed by atoms with van der Waals surface area (Å²) in [5, 5.41) is 3.38. The second-order valence-corrected chi connectivity index (χ2v) is 4.91. The summed E-state index contributed by atoms with van der Waals surface area (Å²) in [6, 6.07) is 0.319. The molecule has 0 radical (unpaired) electrons. The maximum atomic E-state index is 12.2. The maximum absolute atomic E-state index is 12.2. The second-order valence-electron chi connectivity index (χ2n) is 4.91. The van der Waals surface area contributed by atoms with Gasteiger partial charge >= 0.3 is 6.18 Å². The van der Waals surface area contributed by atoms with E-state index in [1.54, 1.807) is 12.4 Å². The van der Waals surface area contributed by atoms with Gasteiger partial charge in [-0.15, -0.1) is 0 Å². The van der Waals surface area contributed by atoms with Crippen molar-refractivity contribution in [1.29, 1.82) is 0 Å². The van der Waals surface area contributed by atoms with Crippen molar-refractivity contribution in [2.24, 2.45) is 0 Å². The van der Waals surface area contributed by atoms with Gasteiger partial charge in [0.2, 0.25) is 0 Å². The first-order valence-corrected chi connectivity index (χ1v) is 6.54. The number of nitrogens with zero attached hydrogens (tertiary/aromatic N) is 2. The van der Waals surface area contributed by atoms with Gasteiger partial charge in [-0.2, -0.15) is 13.2 Å². The van der Waals surface area contributed by atoms with Crippen molar-refractivity contribution in [1.82, 2.24) is 20.2 Å². The molecule has 0 aromatic carbocycles. The Labute approximate surface area is 110 Å². The lowest BCUT2D eigenvalue weighted by Gasteiger charge is -2.32. The van der Waals surface area contributed by atoms with Crippen LogP contribution in [0.1, 0.15) is 18.7 Å². The Morgan fingerprint density at radius 2 is 2.11 bits per heavy atom. The summed E-state index contributed by atoms with van der Waals surface area (Å²) in [4.78, 5) is 8.62. The van der Waals surface area contributed by atoms with E-state index in [1.165, 1.54) is 4.90 Å². The van der Waals surface area contributed by atoms with Crippen molar-refractivity contribution in [3.63, 3.8) is 0 Å². The van der Waals surface area contributed by atoms with Crippen molar-refractivity contribution in [3.05, 3.63) is 18.2 Å². The van der Waals surface area contributed by atoms with E-state index < -0.39 is 12.7 Å². The Hall–Kier alpha value is -1.08. The number of hydrogen-bond donors (Lipinski definition) is 2. The maximum Gasteiger partial charge on any atom is 0.401 e. The molecular formula is C12H19F3N4. The third kappa shape index (κ3) is 5.20. The minimum atomic E-state index is -4.08. The number of H-pyrrole nitrogens is 1. The number of rotatable bonds is 5. The molecule has 1 aliphatic heterocycles. The number of aromatic nitrogens is 2. The zero-order valence-electron chi connectivity index (χ0n) is 10.7. The molecule has 0 saturated carbocycles. The highest BCUT2D eigenvalue weighted by Crippen LogP contribution is 2.19. The molecule has 0 bridgehead atoms. The smallest absolute Gasteiger partial charge is 0.349 e. The minimum Gasteiger partial charge on any atom is -0.349 e. The van der Waals surface area contributed by atoms with Crippen LogP contribution in [-0.4, -0.2) is 53.3 Å². The third-order valence-electron chi connectivity index (χ3n) is 3.34. The average molecular weight is 276 g/mol. The van der Waals surface area contributed by atoms with E-state index in [-0.39, 0.29) is 0 Å². The molecule has 108 valence electrons. The number of nitrogens with one attached hydrogen (secondary N) is 2. The highest BCUT2D eigenvalue weighted by atomic mass is 19.4. The van der Waals surface area contributed by atoms with E-state index in [2.05, 4.69) is 15.3 Å². The van der Waals surface area contributed by atoms with Gasteiger partial charge in [0.1, 0.15) is 5.82 Å². The number of hydrogen-bond acceptors (Lipinski definition) is 3. The highest BCUT2D eigenvalue weighted by Gasteiger charge is 2.32. The lowest BCUT2D eigenvalue weighted by molar-refractivity contribution is -0.148. The molecule has 0 unspecified atom stereocenters. The molecule has 0 amide bonds. The van der Waals surface area contributed by atoms with Crippen LogP contribution in [0.15, 0.2) is 12.4 Å². The van der Waals surface area contributed by atoms with Crippen LogP contribution in [0.2, 0.25) is 0 Å². The zero-order valence-corrected chi connectivity index (χ0v) is 10.7. The molecule has 4 nitrogen and oxygen atoms in total. The number of imidazole rings is 1. The lowest BCUT2D eigenvalue weighted by atomic mass is 10.0. The molecule has 0 atom stereocenters. The van der Waals surface area contributed by atoms with Crippen LogP contribution in [0.4, 0.5) is 13.2 Å². The summed E-state index contributed by atoms with van der Waals surface area (Å²) in [6.45, 7) is 1.04. The lowest BCUT2D eigenvalue weighted by Crippen LogP contribution is -2.45. The van der Waals surface area contributed by atoms with Crippen LogP contribution in [-0.2, 0) is 6.42 Å². The third-order valence-corrected chi connectivity index (χ3v) is 3.34. The van der Waals surface area contributed by atoms with Crippen molar-refractivity contribution in [2.45, 2.75) is 31.5 Å². The Morgan fingerprint density at radius 1 is 1.37 bits per heavy atom. The molecule has 0 aliphatic carbocycles. The summed E-state index contributed by atoms with van der Waals surface area (Å²) in [6.07, 6.45) is 1.77. The van der Waals surface area contributed by atoms with Gasteiger partial charge in [0.15, 0.2) is 0 Å². The SMILES string of the molecule is FC(F)(F)CN1CCC(NCCc2ncc[nH]2)CC1. The topological polar surface area (TPSA) is 44.0 Å². The summed E-state index contributed by atoms with van der Waals surface area (Å²) in [5.41, 5.74) is 0. The van der Waals surface area contributed by atoms with Gasteiger partial charge in [-0.05, 0) is 25.9 Å². The van der Waals surface area contributed by atoms with Gasteiger partial charge in [0.25, 0.3) is 0 Å². The number of likely N-dealkylation sites (tertiary alicyclic amines) is 1. The standard InChI is InChI=1S/C12H19F3N4/c13-12(14,15)9-19-7-2-10(3-8-19)16-4-1-11-17-5-6-18-11/h5-6,10,16H,1-4,7-9H2,(H,17,18). The molecule has 1 fully saturated rings. The minimum absolute atomic E-state index is 0.319. The molecule has 1 aliphatic rings. The van der Waals surface area contributed by atoms with Crippen LogP contribution >= 0.6 is 0 Å². The monoisotopic (exact) mass is 276 g/mol. The van der Waals surface area contributed by atoms with Gasteiger partial charge in [-0.3, -0.25) is 4.90 Å². The van der Waals surface area contributed by atoms with Crippen molar-refractivity contribution in [3.8, 4) is 0 Å². The normalized spacial score (nSPS) is 18.9. The molecule has 19 heavy (non-hydrogen) atoms. The van der Waals surface area contributed by atoms with Crippen molar-refractivity contribution >= 4 is 0 Å². The van der Waals surface area contributed by atoms with Crippen LogP contribution < -0.4 is 5.32 Å². The van der Waals surface area contributed by atoms with E-state index in [0.29, 0.717) is 19.1 Å². The molecule has 0 spiro atoms. The highest BCUT2D eigenvalue weighted by molar-refractivity contribution is 4.88. The Kier molecular flexibility index (Phi) is 4.81. The Morgan fingerprint density at radius 3 is 2.68 bits per heavy atom.